The van der Waals surface area contributed by atoms with Gasteiger partial charge in [-0.3, -0.25) is 9.59 Å². The number of anilines is 3. The predicted octanol–water partition coefficient (Wildman–Crippen LogP) is 0.730. The van der Waals surface area contributed by atoms with Crippen LogP contribution in [0.3, 0.4) is 0 Å². The molecule has 1 saturated heterocycles. The average molecular weight is 371 g/mol. The van der Waals surface area contributed by atoms with Crippen molar-refractivity contribution in [3.05, 3.63) is 23.5 Å². The van der Waals surface area contributed by atoms with Crippen LogP contribution in [0.15, 0.2) is 12.3 Å². The van der Waals surface area contributed by atoms with Gasteiger partial charge in [-0.2, -0.15) is 9.36 Å². The van der Waals surface area contributed by atoms with Crippen molar-refractivity contribution in [3.8, 4) is 12.3 Å². The van der Waals surface area contributed by atoms with Crippen molar-refractivity contribution in [2.75, 3.05) is 23.7 Å². The van der Waals surface area contributed by atoms with Gasteiger partial charge in [-0.15, -0.1) is 6.42 Å². The van der Waals surface area contributed by atoms with Crippen LogP contribution >= 0.6 is 11.5 Å². The molecular weight excluding hydrogens is 354 g/mol. The quantitative estimate of drug-likeness (QED) is 0.661. The molecule has 0 saturated carbocycles. The lowest BCUT2D eigenvalue weighted by Gasteiger charge is -2.17. The number of nitrogens with zero attached hydrogens (tertiary/aromatic N) is 4. The molecule has 0 unspecified atom stereocenters. The van der Waals surface area contributed by atoms with E-state index in [0.717, 1.165) is 10.7 Å². The topological polar surface area (TPSA) is 126 Å². The number of nitrogens with two attached hydrogens (primary N) is 1. The Hall–Kier alpha value is -3.19. The van der Waals surface area contributed by atoms with Crippen LogP contribution in [-0.4, -0.2) is 50.2 Å². The zero-order valence-electron chi connectivity index (χ0n) is 14.0. The Bertz CT molecular complexity index is 889. The summed E-state index contributed by atoms with van der Waals surface area (Å²) >= 11 is 1.28. The number of carbonyl (C=O) groups is 2. The number of carbonyl (C=O) groups excluding carboxylic acids is 2. The minimum absolute atomic E-state index is 0.0844. The number of likely N-dealkylation sites (tertiary alicyclic amines) is 1. The molecule has 0 aromatic carbocycles. The van der Waals surface area contributed by atoms with Crippen LogP contribution in [0, 0.1) is 19.3 Å². The Kier molecular flexibility index (Phi) is 4.99. The Balaban J connectivity index is 1.78. The maximum Gasteiger partial charge on any atom is 0.298 e. The summed E-state index contributed by atoms with van der Waals surface area (Å²) in [6.07, 6.45) is 7.21. The van der Waals surface area contributed by atoms with Crippen molar-refractivity contribution in [1.82, 2.24) is 19.2 Å². The highest BCUT2D eigenvalue weighted by atomic mass is 32.1. The van der Waals surface area contributed by atoms with E-state index in [0.29, 0.717) is 31.3 Å². The molecule has 4 N–H and O–H groups in total. The van der Waals surface area contributed by atoms with Crippen molar-refractivity contribution in [2.24, 2.45) is 5.73 Å². The smallest absolute Gasteiger partial charge is 0.298 e. The van der Waals surface area contributed by atoms with Crippen LogP contribution < -0.4 is 16.4 Å². The van der Waals surface area contributed by atoms with E-state index in [2.05, 4.69) is 30.9 Å². The summed E-state index contributed by atoms with van der Waals surface area (Å²) < 4.78 is 4.18. The van der Waals surface area contributed by atoms with Crippen molar-refractivity contribution in [3.63, 3.8) is 0 Å². The highest BCUT2D eigenvalue weighted by Crippen LogP contribution is 2.23. The van der Waals surface area contributed by atoms with E-state index in [9.17, 15) is 9.59 Å². The number of aryl methyl sites for hydroxylation is 1. The number of nitrogens with one attached hydrogen (secondary N) is 2. The Labute approximate surface area is 154 Å². The minimum atomic E-state index is -0.637. The third-order valence-electron chi connectivity index (χ3n) is 3.86. The van der Waals surface area contributed by atoms with Crippen molar-refractivity contribution in [1.29, 1.82) is 0 Å². The number of hydrogen-bond acceptors (Lipinski definition) is 8. The van der Waals surface area contributed by atoms with Gasteiger partial charge in [0, 0.05) is 25.3 Å². The van der Waals surface area contributed by atoms with Gasteiger partial charge in [0.15, 0.2) is 0 Å². The second-order valence-electron chi connectivity index (χ2n) is 5.80. The lowest BCUT2D eigenvalue weighted by atomic mass is 10.2. The molecule has 2 aromatic rings. The van der Waals surface area contributed by atoms with Gasteiger partial charge in [-0.25, -0.2) is 4.98 Å². The van der Waals surface area contributed by atoms with E-state index in [1.807, 2.05) is 13.0 Å². The first-order valence-corrected chi connectivity index (χ1v) is 8.63. The molecule has 134 valence electrons. The number of rotatable bonds is 5. The number of hydrogen-bond donors (Lipinski definition) is 3. The van der Waals surface area contributed by atoms with Gasteiger partial charge in [-0.1, -0.05) is 0 Å². The van der Waals surface area contributed by atoms with Crippen LogP contribution in [0.25, 0.3) is 0 Å². The minimum Gasteiger partial charge on any atom is -0.365 e. The molecular formula is C16H17N7O2S. The first-order valence-electron chi connectivity index (χ1n) is 7.85. The van der Waals surface area contributed by atoms with Gasteiger partial charge in [-0.05, 0) is 36.9 Å². The first kappa shape index (κ1) is 17.6. The number of primary amides is 1. The summed E-state index contributed by atoms with van der Waals surface area (Å²) in [5.41, 5.74) is 6.48. The normalized spacial score (nSPS) is 16.2. The third-order valence-corrected chi connectivity index (χ3v) is 4.65. The first-order chi connectivity index (χ1) is 12.5. The fraction of sp³-hybridized carbons (Fsp3) is 0.312. The fourth-order valence-corrected chi connectivity index (χ4v) is 3.27. The van der Waals surface area contributed by atoms with Crippen molar-refractivity contribution in [2.45, 2.75) is 19.4 Å². The zero-order chi connectivity index (χ0) is 18.7. The summed E-state index contributed by atoms with van der Waals surface area (Å²) in [5.74, 6) is 1.75. The second kappa shape index (κ2) is 7.37. The van der Waals surface area contributed by atoms with Gasteiger partial charge in [0.1, 0.15) is 10.8 Å². The molecule has 0 radical (unpaired) electrons. The monoisotopic (exact) mass is 371 g/mol. The van der Waals surface area contributed by atoms with Gasteiger partial charge < -0.3 is 21.3 Å². The summed E-state index contributed by atoms with van der Waals surface area (Å²) in [7, 11) is 0. The SMILES string of the molecule is C#CC(=O)N1CC[C@@H](Nc2nc(Nc3cc(C)ns3)ncc2C(N)=O)C1. The van der Waals surface area contributed by atoms with Crippen molar-refractivity contribution >= 4 is 40.1 Å². The van der Waals surface area contributed by atoms with Gasteiger partial charge in [0.05, 0.1) is 11.3 Å². The standard InChI is InChI=1S/C16H17N7O2S/c1-3-13(24)23-5-4-10(8-23)19-15-11(14(17)25)7-18-16(21-15)20-12-6-9(2)22-26-12/h1,6-7,10H,4-5,8H2,2H3,(H2,17,25)(H2,18,19,20,21)/t10-/m1/s1. The predicted molar refractivity (Wildman–Crippen MR) is 98.1 cm³/mol. The highest BCUT2D eigenvalue weighted by molar-refractivity contribution is 7.10. The van der Waals surface area contributed by atoms with Crippen LogP contribution in [-0.2, 0) is 4.79 Å². The lowest BCUT2D eigenvalue weighted by Crippen LogP contribution is -2.31. The molecule has 0 spiro atoms. The molecule has 1 aliphatic heterocycles. The molecule has 3 rings (SSSR count). The molecule has 26 heavy (non-hydrogen) atoms. The lowest BCUT2D eigenvalue weighted by molar-refractivity contribution is -0.124. The van der Waals surface area contributed by atoms with Gasteiger partial charge in [0.25, 0.3) is 11.8 Å². The Morgan fingerprint density at radius 3 is 2.96 bits per heavy atom. The van der Waals surface area contributed by atoms with E-state index >= 15 is 0 Å². The van der Waals surface area contributed by atoms with E-state index in [1.54, 1.807) is 4.90 Å². The molecule has 10 heteroatoms. The summed E-state index contributed by atoms with van der Waals surface area (Å²) in [5, 5.41) is 6.99. The zero-order valence-corrected chi connectivity index (χ0v) is 14.8. The second-order valence-corrected chi connectivity index (χ2v) is 6.61. The molecule has 1 atom stereocenters. The molecule has 1 aliphatic rings. The maximum absolute atomic E-state index is 11.7. The van der Waals surface area contributed by atoms with Crippen LogP contribution in [0.2, 0.25) is 0 Å². The van der Waals surface area contributed by atoms with Gasteiger partial charge >= 0.3 is 0 Å². The highest BCUT2D eigenvalue weighted by Gasteiger charge is 2.26. The summed E-state index contributed by atoms with van der Waals surface area (Å²) in [6.45, 7) is 2.86. The van der Waals surface area contributed by atoms with Crippen LogP contribution in [0.1, 0.15) is 22.5 Å². The van der Waals surface area contributed by atoms with E-state index < -0.39 is 5.91 Å². The molecule has 2 aromatic heterocycles. The molecule has 3 heterocycles. The van der Waals surface area contributed by atoms with E-state index in [4.69, 9.17) is 12.2 Å². The number of terminal acetylenes is 1. The van der Waals surface area contributed by atoms with Gasteiger partial charge in [0.2, 0.25) is 5.95 Å². The Morgan fingerprint density at radius 1 is 1.50 bits per heavy atom. The third kappa shape index (κ3) is 3.89. The maximum atomic E-state index is 11.7. The largest absolute Gasteiger partial charge is 0.365 e. The molecule has 0 bridgehead atoms. The average Bonchev–Trinajstić information content (AvgIpc) is 3.23. The fourth-order valence-electron chi connectivity index (χ4n) is 2.61. The summed E-state index contributed by atoms with van der Waals surface area (Å²) in [6, 6.07) is 1.78. The van der Waals surface area contributed by atoms with Crippen LogP contribution in [0.4, 0.5) is 16.8 Å². The molecule has 1 fully saturated rings. The number of amides is 2. The molecule has 9 nitrogen and oxygen atoms in total. The molecule has 0 aliphatic carbocycles. The van der Waals surface area contributed by atoms with Crippen LogP contribution in [0.5, 0.6) is 0 Å². The molecule has 2 amide bonds. The Morgan fingerprint density at radius 2 is 2.31 bits per heavy atom. The number of aromatic nitrogens is 3. The summed E-state index contributed by atoms with van der Waals surface area (Å²) in [4.78, 5) is 33.3. The van der Waals surface area contributed by atoms with E-state index in [-0.39, 0.29) is 17.5 Å². The van der Waals surface area contributed by atoms with Crippen molar-refractivity contribution < 1.29 is 9.59 Å². The van der Waals surface area contributed by atoms with E-state index in [1.165, 1.54) is 17.7 Å².